The largest absolute Gasteiger partial charge is 0.456 e. The van der Waals surface area contributed by atoms with Crippen molar-refractivity contribution in [1.82, 2.24) is 0 Å². The minimum absolute atomic E-state index is 0.325. The Morgan fingerprint density at radius 2 is 1.71 bits per heavy atom. The van der Waals surface area contributed by atoms with Crippen LogP contribution in [0.3, 0.4) is 0 Å². The fourth-order valence-corrected chi connectivity index (χ4v) is 2.10. The molecule has 0 aromatic rings. The maximum absolute atomic E-state index is 11.8. The topological polar surface area (TPSA) is 85.2 Å². The fraction of sp³-hybridized carbons (Fsp3) is 0.933. The Morgan fingerprint density at radius 1 is 1.19 bits per heavy atom. The Labute approximate surface area is 126 Å². The lowest BCUT2D eigenvalue weighted by Gasteiger charge is -2.47. The number of carbonyl (C=O) groups excluding carboxylic acids is 1. The van der Waals surface area contributed by atoms with Crippen molar-refractivity contribution in [3.8, 4) is 0 Å². The van der Waals surface area contributed by atoms with E-state index in [4.69, 9.17) is 14.2 Å². The molecule has 1 fully saturated rings. The molecule has 1 saturated heterocycles. The van der Waals surface area contributed by atoms with Crippen molar-refractivity contribution in [1.29, 1.82) is 0 Å². The van der Waals surface area contributed by atoms with Gasteiger partial charge in [0.2, 0.25) is 0 Å². The van der Waals surface area contributed by atoms with Gasteiger partial charge in [0.1, 0.15) is 17.8 Å². The lowest BCUT2D eigenvalue weighted by Crippen LogP contribution is -2.64. The highest BCUT2D eigenvalue weighted by atomic mass is 16.7. The van der Waals surface area contributed by atoms with Crippen molar-refractivity contribution in [2.24, 2.45) is 5.92 Å². The average molecular weight is 304 g/mol. The van der Waals surface area contributed by atoms with E-state index in [0.29, 0.717) is 0 Å². The SMILES string of the molecule is CC(C)C(=O)OC1[C@H](O)[C@H](O)[C@H](OC(C)(C)C)OC1(C)C. The molecule has 124 valence electrons. The normalized spacial score (nSPS) is 33.0. The second-order valence-electron chi connectivity index (χ2n) is 7.31. The van der Waals surface area contributed by atoms with Crippen LogP contribution in [-0.4, -0.2) is 52.0 Å². The van der Waals surface area contributed by atoms with Gasteiger partial charge in [-0.2, -0.15) is 0 Å². The predicted octanol–water partition coefficient (Wildman–Crippen LogP) is 1.23. The first-order valence-electron chi connectivity index (χ1n) is 7.27. The standard InChI is InChI=1S/C15H28O6/c1-8(2)12(18)19-11-9(16)10(17)13(20-14(3,4)5)21-15(11,6)7/h8-11,13,16-17H,1-7H3/t9-,10+,11?,13-/m1/s1. The van der Waals surface area contributed by atoms with Crippen LogP contribution >= 0.6 is 0 Å². The first-order valence-corrected chi connectivity index (χ1v) is 7.27. The first-order chi connectivity index (χ1) is 9.35. The van der Waals surface area contributed by atoms with Gasteiger partial charge in [-0.25, -0.2) is 0 Å². The minimum Gasteiger partial charge on any atom is -0.456 e. The molecule has 0 radical (unpaired) electrons. The molecule has 0 aromatic heterocycles. The Morgan fingerprint density at radius 3 is 2.14 bits per heavy atom. The highest BCUT2D eigenvalue weighted by Gasteiger charge is 2.52. The van der Waals surface area contributed by atoms with Gasteiger partial charge < -0.3 is 24.4 Å². The van der Waals surface area contributed by atoms with Crippen molar-refractivity contribution in [2.75, 3.05) is 0 Å². The number of rotatable bonds is 3. The van der Waals surface area contributed by atoms with Crippen LogP contribution in [0, 0.1) is 5.92 Å². The van der Waals surface area contributed by atoms with Gasteiger partial charge in [0, 0.05) is 0 Å². The van der Waals surface area contributed by atoms with E-state index < -0.39 is 41.8 Å². The number of hydrogen-bond acceptors (Lipinski definition) is 6. The van der Waals surface area contributed by atoms with Crippen molar-refractivity contribution in [3.63, 3.8) is 0 Å². The van der Waals surface area contributed by atoms with Crippen LogP contribution in [0.4, 0.5) is 0 Å². The fourth-order valence-electron chi connectivity index (χ4n) is 2.10. The summed E-state index contributed by atoms with van der Waals surface area (Å²) in [6, 6.07) is 0. The van der Waals surface area contributed by atoms with E-state index in [2.05, 4.69) is 0 Å². The molecule has 0 amide bonds. The molecule has 2 N–H and O–H groups in total. The molecule has 1 aliphatic heterocycles. The molecule has 1 unspecified atom stereocenters. The maximum Gasteiger partial charge on any atom is 0.308 e. The molecule has 1 aliphatic rings. The zero-order valence-corrected chi connectivity index (χ0v) is 13.9. The van der Waals surface area contributed by atoms with Gasteiger partial charge in [0.05, 0.1) is 11.5 Å². The number of hydrogen-bond donors (Lipinski definition) is 2. The van der Waals surface area contributed by atoms with Crippen LogP contribution in [0.5, 0.6) is 0 Å². The summed E-state index contributed by atoms with van der Waals surface area (Å²) in [5.41, 5.74) is -1.51. The number of aliphatic hydroxyl groups excluding tert-OH is 2. The molecule has 6 nitrogen and oxygen atoms in total. The zero-order chi connectivity index (χ0) is 16.6. The molecular formula is C15H28O6. The molecule has 1 heterocycles. The van der Waals surface area contributed by atoms with E-state index in [9.17, 15) is 15.0 Å². The summed E-state index contributed by atoms with van der Waals surface area (Å²) in [5, 5.41) is 20.4. The number of esters is 1. The van der Waals surface area contributed by atoms with Crippen molar-refractivity contribution < 1.29 is 29.2 Å². The highest BCUT2D eigenvalue weighted by Crippen LogP contribution is 2.34. The van der Waals surface area contributed by atoms with Gasteiger partial charge in [-0.05, 0) is 34.6 Å². The van der Waals surface area contributed by atoms with Crippen LogP contribution < -0.4 is 0 Å². The van der Waals surface area contributed by atoms with Gasteiger partial charge in [-0.15, -0.1) is 0 Å². The molecule has 4 atom stereocenters. The third-order valence-corrected chi connectivity index (χ3v) is 3.23. The van der Waals surface area contributed by atoms with Crippen LogP contribution in [0.15, 0.2) is 0 Å². The summed E-state index contributed by atoms with van der Waals surface area (Å²) in [5.74, 6) is -0.771. The van der Waals surface area contributed by atoms with Crippen molar-refractivity contribution in [2.45, 2.75) is 84.3 Å². The molecule has 0 spiro atoms. The molecule has 0 aromatic carbocycles. The molecule has 0 bridgehead atoms. The van der Waals surface area contributed by atoms with Gasteiger partial charge in [0.15, 0.2) is 12.4 Å². The van der Waals surface area contributed by atoms with E-state index in [0.717, 1.165) is 0 Å². The maximum atomic E-state index is 11.8. The molecule has 21 heavy (non-hydrogen) atoms. The third-order valence-electron chi connectivity index (χ3n) is 3.23. The van der Waals surface area contributed by atoms with E-state index in [1.807, 2.05) is 20.8 Å². The quantitative estimate of drug-likeness (QED) is 0.763. The van der Waals surface area contributed by atoms with E-state index >= 15 is 0 Å². The lowest BCUT2D eigenvalue weighted by molar-refractivity contribution is -0.342. The highest BCUT2D eigenvalue weighted by molar-refractivity contribution is 5.71. The predicted molar refractivity (Wildman–Crippen MR) is 76.5 cm³/mol. The average Bonchev–Trinajstić information content (AvgIpc) is 2.28. The second kappa shape index (κ2) is 6.20. The lowest BCUT2D eigenvalue weighted by atomic mass is 9.89. The summed E-state index contributed by atoms with van der Waals surface area (Å²) in [6.45, 7) is 12.3. The Hall–Kier alpha value is -0.690. The number of carbonyl (C=O) groups is 1. The number of aliphatic hydroxyl groups is 2. The summed E-state index contributed by atoms with van der Waals surface area (Å²) in [6.07, 6.45) is -4.50. The Balaban J connectivity index is 2.89. The van der Waals surface area contributed by atoms with Gasteiger partial charge >= 0.3 is 5.97 Å². The van der Waals surface area contributed by atoms with E-state index in [1.165, 1.54) is 0 Å². The number of ether oxygens (including phenoxy) is 3. The van der Waals surface area contributed by atoms with Gasteiger partial charge in [-0.3, -0.25) is 4.79 Å². The van der Waals surface area contributed by atoms with Crippen LogP contribution in [0.1, 0.15) is 48.5 Å². The van der Waals surface area contributed by atoms with Gasteiger partial charge in [0.25, 0.3) is 0 Å². The smallest absolute Gasteiger partial charge is 0.308 e. The second-order valence-corrected chi connectivity index (χ2v) is 7.31. The zero-order valence-electron chi connectivity index (χ0n) is 13.9. The minimum atomic E-state index is -1.29. The van der Waals surface area contributed by atoms with Crippen LogP contribution in [0.25, 0.3) is 0 Å². The van der Waals surface area contributed by atoms with Crippen LogP contribution in [-0.2, 0) is 19.0 Å². The van der Waals surface area contributed by atoms with Crippen molar-refractivity contribution in [3.05, 3.63) is 0 Å². The molecule has 6 heteroatoms. The summed E-state index contributed by atoms with van der Waals surface area (Å²) in [4.78, 5) is 11.8. The van der Waals surface area contributed by atoms with E-state index in [1.54, 1.807) is 27.7 Å². The van der Waals surface area contributed by atoms with Crippen molar-refractivity contribution >= 4 is 5.97 Å². The van der Waals surface area contributed by atoms with Crippen LogP contribution in [0.2, 0.25) is 0 Å². The Kier molecular flexibility index (Phi) is 5.42. The van der Waals surface area contributed by atoms with Gasteiger partial charge in [-0.1, -0.05) is 13.8 Å². The summed E-state index contributed by atoms with van der Waals surface area (Å²) >= 11 is 0. The summed E-state index contributed by atoms with van der Waals surface area (Å²) < 4.78 is 16.6. The molecular weight excluding hydrogens is 276 g/mol. The summed E-state index contributed by atoms with van der Waals surface area (Å²) in [7, 11) is 0. The monoisotopic (exact) mass is 304 g/mol. The molecule has 1 rings (SSSR count). The Bertz CT molecular complexity index is 371. The molecule has 0 aliphatic carbocycles. The van der Waals surface area contributed by atoms with E-state index in [-0.39, 0.29) is 5.92 Å². The first kappa shape index (κ1) is 18.4. The third kappa shape index (κ3) is 4.64. The molecule has 0 saturated carbocycles.